The zero-order chi connectivity index (χ0) is 19.2. The number of thioether (sulfide) groups is 1. The second-order valence-electron chi connectivity index (χ2n) is 7.50. The third kappa shape index (κ3) is 6.66. The van der Waals surface area contributed by atoms with Gasteiger partial charge in [-0.05, 0) is 42.2 Å². The van der Waals surface area contributed by atoms with E-state index in [1.807, 2.05) is 13.8 Å². The fourth-order valence-corrected chi connectivity index (χ4v) is 3.57. The minimum atomic E-state index is -0.418. The van der Waals surface area contributed by atoms with Crippen LogP contribution in [0.3, 0.4) is 0 Å². The third-order valence-electron chi connectivity index (χ3n) is 3.92. The molecule has 7 heteroatoms. The number of nitro benzene ring substituents is 1. The smallest absolute Gasteiger partial charge is 0.283 e. The molecule has 25 heavy (non-hydrogen) atoms. The maximum atomic E-state index is 12.6. The number of rotatable bonds is 9. The average Bonchev–Trinajstić information content (AvgIpc) is 2.53. The van der Waals surface area contributed by atoms with Crippen molar-refractivity contribution in [3.05, 3.63) is 33.9 Å². The molecule has 0 saturated heterocycles. The maximum absolute atomic E-state index is 12.6. The van der Waals surface area contributed by atoms with E-state index in [4.69, 9.17) is 5.73 Å². The molecule has 1 aromatic rings. The SMILES string of the molecule is CC(C)CCSc1ccc(C(=O)N(C)CC(C)(C)CN)cc1[N+](=O)[O-]. The Morgan fingerprint density at radius 2 is 2.04 bits per heavy atom. The van der Waals surface area contributed by atoms with Gasteiger partial charge < -0.3 is 10.6 Å². The lowest BCUT2D eigenvalue weighted by molar-refractivity contribution is -0.387. The number of carbonyl (C=O) groups is 1. The van der Waals surface area contributed by atoms with Gasteiger partial charge in [0.05, 0.1) is 9.82 Å². The number of amides is 1. The van der Waals surface area contributed by atoms with E-state index in [-0.39, 0.29) is 17.0 Å². The van der Waals surface area contributed by atoms with E-state index in [9.17, 15) is 14.9 Å². The van der Waals surface area contributed by atoms with Crippen LogP contribution in [0.15, 0.2) is 23.1 Å². The molecule has 0 aliphatic heterocycles. The average molecular weight is 368 g/mol. The quantitative estimate of drug-likeness (QED) is 0.407. The van der Waals surface area contributed by atoms with Crippen molar-refractivity contribution in [2.75, 3.05) is 25.9 Å². The van der Waals surface area contributed by atoms with Crippen LogP contribution in [0.4, 0.5) is 5.69 Å². The Balaban J connectivity index is 2.96. The first-order valence-corrected chi connectivity index (χ1v) is 9.42. The monoisotopic (exact) mass is 367 g/mol. The molecule has 0 bridgehead atoms. The fraction of sp³-hybridized carbons (Fsp3) is 0.611. The standard InChI is InChI=1S/C18H29N3O3S/c1-13(2)8-9-25-16-7-6-14(10-15(16)21(23)24)17(22)20(5)12-18(3,4)11-19/h6-7,10,13H,8-9,11-12,19H2,1-5H3. The summed E-state index contributed by atoms with van der Waals surface area (Å²) in [4.78, 5) is 25.7. The number of nitrogens with two attached hydrogens (primary N) is 1. The zero-order valence-electron chi connectivity index (χ0n) is 15.7. The van der Waals surface area contributed by atoms with E-state index in [0.29, 0.717) is 29.5 Å². The summed E-state index contributed by atoms with van der Waals surface area (Å²) >= 11 is 1.46. The largest absolute Gasteiger partial charge is 0.341 e. The van der Waals surface area contributed by atoms with E-state index in [0.717, 1.165) is 12.2 Å². The van der Waals surface area contributed by atoms with Crippen molar-refractivity contribution in [2.45, 2.75) is 39.0 Å². The van der Waals surface area contributed by atoms with Gasteiger partial charge in [0.1, 0.15) is 0 Å². The molecule has 0 unspecified atom stereocenters. The van der Waals surface area contributed by atoms with Gasteiger partial charge in [0.25, 0.3) is 11.6 Å². The molecule has 140 valence electrons. The van der Waals surface area contributed by atoms with Gasteiger partial charge in [-0.15, -0.1) is 11.8 Å². The maximum Gasteiger partial charge on any atom is 0.283 e. The Bertz CT molecular complexity index is 618. The Morgan fingerprint density at radius 3 is 2.56 bits per heavy atom. The van der Waals surface area contributed by atoms with Crippen molar-refractivity contribution < 1.29 is 9.72 Å². The van der Waals surface area contributed by atoms with Crippen molar-refractivity contribution in [1.29, 1.82) is 0 Å². The van der Waals surface area contributed by atoms with Crippen molar-refractivity contribution >= 4 is 23.4 Å². The third-order valence-corrected chi connectivity index (χ3v) is 5.02. The van der Waals surface area contributed by atoms with Crippen LogP contribution in [-0.4, -0.2) is 41.6 Å². The van der Waals surface area contributed by atoms with Gasteiger partial charge in [0, 0.05) is 25.2 Å². The fourth-order valence-electron chi connectivity index (χ4n) is 2.32. The summed E-state index contributed by atoms with van der Waals surface area (Å²) in [6, 6.07) is 4.73. The Morgan fingerprint density at radius 1 is 1.40 bits per heavy atom. The summed E-state index contributed by atoms with van der Waals surface area (Å²) in [5.74, 6) is 1.13. The highest BCUT2D eigenvalue weighted by Crippen LogP contribution is 2.31. The highest BCUT2D eigenvalue weighted by Gasteiger charge is 2.24. The second-order valence-corrected chi connectivity index (χ2v) is 8.64. The first-order chi connectivity index (χ1) is 11.6. The molecule has 1 rings (SSSR count). The van der Waals surface area contributed by atoms with Crippen LogP contribution >= 0.6 is 11.8 Å². The van der Waals surface area contributed by atoms with Crippen LogP contribution in [0.2, 0.25) is 0 Å². The molecule has 0 saturated carbocycles. The molecule has 0 spiro atoms. The van der Waals surface area contributed by atoms with Crippen LogP contribution in [0.25, 0.3) is 0 Å². The number of nitro groups is 1. The van der Waals surface area contributed by atoms with Gasteiger partial charge in [-0.2, -0.15) is 0 Å². The first kappa shape index (κ1) is 21.4. The summed E-state index contributed by atoms with van der Waals surface area (Å²) in [6.07, 6.45) is 0.986. The van der Waals surface area contributed by atoms with Crippen molar-refractivity contribution in [1.82, 2.24) is 4.90 Å². The Labute approximate surface area is 154 Å². The van der Waals surface area contributed by atoms with Crippen molar-refractivity contribution in [3.63, 3.8) is 0 Å². The molecule has 2 N–H and O–H groups in total. The van der Waals surface area contributed by atoms with Crippen LogP contribution in [-0.2, 0) is 0 Å². The lowest BCUT2D eigenvalue weighted by Crippen LogP contribution is -2.39. The summed E-state index contributed by atoms with van der Waals surface area (Å²) < 4.78 is 0. The number of hydrogen-bond acceptors (Lipinski definition) is 5. The second kappa shape index (κ2) is 9.20. The first-order valence-electron chi connectivity index (χ1n) is 8.44. The molecule has 0 aromatic heterocycles. The summed E-state index contributed by atoms with van der Waals surface area (Å²) in [6.45, 7) is 9.14. The van der Waals surface area contributed by atoms with Gasteiger partial charge in [0.15, 0.2) is 0 Å². The minimum Gasteiger partial charge on any atom is -0.341 e. The summed E-state index contributed by atoms with van der Waals surface area (Å²) in [5.41, 5.74) is 5.83. The number of benzene rings is 1. The van der Waals surface area contributed by atoms with Crippen molar-refractivity contribution in [2.24, 2.45) is 17.1 Å². The molecule has 0 aliphatic carbocycles. The van der Waals surface area contributed by atoms with Crippen LogP contribution in [0.1, 0.15) is 44.5 Å². The van der Waals surface area contributed by atoms with Gasteiger partial charge >= 0.3 is 0 Å². The van der Waals surface area contributed by atoms with Gasteiger partial charge in [-0.3, -0.25) is 14.9 Å². The van der Waals surface area contributed by atoms with Gasteiger partial charge in [0.2, 0.25) is 0 Å². The lowest BCUT2D eigenvalue weighted by Gasteiger charge is -2.29. The predicted octanol–water partition coefficient (Wildman–Crippen LogP) is 3.79. The molecule has 0 radical (unpaired) electrons. The number of carbonyl (C=O) groups excluding carboxylic acids is 1. The predicted molar refractivity (Wildman–Crippen MR) is 103 cm³/mol. The van der Waals surface area contributed by atoms with Crippen LogP contribution < -0.4 is 5.73 Å². The van der Waals surface area contributed by atoms with Crippen LogP contribution in [0, 0.1) is 21.4 Å². The normalized spacial score (nSPS) is 11.6. The van der Waals surface area contributed by atoms with Crippen molar-refractivity contribution in [3.8, 4) is 0 Å². The molecule has 0 heterocycles. The van der Waals surface area contributed by atoms with E-state index < -0.39 is 4.92 Å². The molecule has 6 nitrogen and oxygen atoms in total. The van der Waals surface area contributed by atoms with Gasteiger partial charge in [-0.25, -0.2) is 0 Å². The molecule has 0 fully saturated rings. The van der Waals surface area contributed by atoms with E-state index in [1.165, 1.54) is 17.8 Å². The molecule has 0 atom stereocenters. The minimum absolute atomic E-state index is 0.00825. The Kier molecular flexibility index (Phi) is 7.89. The Hall–Kier alpha value is -1.60. The highest BCUT2D eigenvalue weighted by molar-refractivity contribution is 7.99. The number of hydrogen-bond donors (Lipinski definition) is 1. The topological polar surface area (TPSA) is 89.5 Å². The molecule has 0 aliphatic rings. The molecule has 1 aromatic carbocycles. The van der Waals surface area contributed by atoms with Crippen LogP contribution in [0.5, 0.6) is 0 Å². The summed E-state index contributed by atoms with van der Waals surface area (Å²) in [7, 11) is 1.69. The van der Waals surface area contributed by atoms with E-state index in [1.54, 1.807) is 24.1 Å². The summed E-state index contributed by atoms with van der Waals surface area (Å²) in [5, 5.41) is 11.4. The molecular formula is C18H29N3O3S. The lowest BCUT2D eigenvalue weighted by atomic mass is 9.93. The molecule has 1 amide bonds. The zero-order valence-corrected chi connectivity index (χ0v) is 16.6. The van der Waals surface area contributed by atoms with Gasteiger partial charge in [-0.1, -0.05) is 27.7 Å². The molecular weight excluding hydrogens is 338 g/mol. The number of nitrogens with zero attached hydrogens (tertiary/aromatic N) is 2. The van der Waals surface area contributed by atoms with E-state index >= 15 is 0 Å². The van der Waals surface area contributed by atoms with E-state index in [2.05, 4.69) is 13.8 Å². The highest BCUT2D eigenvalue weighted by atomic mass is 32.2.